The quantitative estimate of drug-likeness (QED) is 0.850. The van der Waals surface area contributed by atoms with Crippen LogP contribution in [-0.4, -0.2) is 16.4 Å². The molecular formula is C10H10FN3S. The average Bonchev–Trinajstić information content (AvgIpc) is 2.70. The first-order chi connectivity index (χ1) is 7.20. The maximum Gasteiger partial charge on any atom is 0.202 e. The van der Waals surface area contributed by atoms with Crippen molar-refractivity contribution in [1.82, 2.24) is 9.36 Å². The predicted octanol–water partition coefficient (Wildman–Crippen LogP) is 2.69. The van der Waals surface area contributed by atoms with Gasteiger partial charge < -0.3 is 5.32 Å². The molecular weight excluding hydrogens is 213 g/mol. The standard InChI is InChI=1S/C10H10FN3S/c1-6-3-4-7(11)5-8(6)9-13-10(12-2)15-14-9/h3-5H,1-2H3,(H,12,13,14). The second kappa shape index (κ2) is 3.94. The van der Waals surface area contributed by atoms with Crippen LogP contribution in [0.5, 0.6) is 0 Å². The Hall–Kier alpha value is -1.49. The molecule has 0 fully saturated rings. The molecule has 1 N–H and O–H groups in total. The van der Waals surface area contributed by atoms with Crippen LogP contribution in [-0.2, 0) is 0 Å². The largest absolute Gasteiger partial charge is 0.363 e. The van der Waals surface area contributed by atoms with Gasteiger partial charge in [0.15, 0.2) is 5.82 Å². The number of benzene rings is 1. The molecule has 0 atom stereocenters. The summed E-state index contributed by atoms with van der Waals surface area (Å²) in [5.74, 6) is 0.303. The van der Waals surface area contributed by atoms with Gasteiger partial charge in [-0.05, 0) is 24.6 Å². The number of hydrogen-bond acceptors (Lipinski definition) is 4. The van der Waals surface area contributed by atoms with Gasteiger partial charge in [-0.2, -0.15) is 9.36 Å². The molecule has 5 heteroatoms. The Morgan fingerprint density at radius 3 is 2.87 bits per heavy atom. The summed E-state index contributed by atoms with van der Waals surface area (Å²) in [7, 11) is 1.78. The van der Waals surface area contributed by atoms with Gasteiger partial charge in [0.2, 0.25) is 5.13 Å². The lowest BCUT2D eigenvalue weighted by Gasteiger charge is -2.00. The van der Waals surface area contributed by atoms with Gasteiger partial charge in [0.1, 0.15) is 5.82 Å². The van der Waals surface area contributed by atoms with E-state index < -0.39 is 0 Å². The molecule has 15 heavy (non-hydrogen) atoms. The van der Waals surface area contributed by atoms with Gasteiger partial charge in [-0.3, -0.25) is 0 Å². The number of rotatable bonds is 2. The Morgan fingerprint density at radius 1 is 1.40 bits per heavy atom. The van der Waals surface area contributed by atoms with Crippen LogP contribution in [0.15, 0.2) is 18.2 Å². The topological polar surface area (TPSA) is 37.8 Å². The van der Waals surface area contributed by atoms with Crippen molar-refractivity contribution in [3.05, 3.63) is 29.6 Å². The van der Waals surface area contributed by atoms with Crippen LogP contribution in [0.25, 0.3) is 11.4 Å². The minimum absolute atomic E-state index is 0.267. The van der Waals surface area contributed by atoms with Gasteiger partial charge >= 0.3 is 0 Å². The minimum Gasteiger partial charge on any atom is -0.363 e. The van der Waals surface area contributed by atoms with Crippen LogP contribution in [0, 0.1) is 12.7 Å². The number of nitrogens with one attached hydrogen (secondary N) is 1. The maximum atomic E-state index is 13.1. The Bertz CT molecular complexity index is 481. The molecule has 2 aromatic rings. The van der Waals surface area contributed by atoms with Gasteiger partial charge in [-0.15, -0.1) is 0 Å². The van der Waals surface area contributed by atoms with Crippen molar-refractivity contribution in [1.29, 1.82) is 0 Å². The van der Waals surface area contributed by atoms with Crippen molar-refractivity contribution >= 4 is 16.7 Å². The van der Waals surface area contributed by atoms with Crippen molar-refractivity contribution in [2.24, 2.45) is 0 Å². The summed E-state index contributed by atoms with van der Waals surface area (Å²) in [5.41, 5.74) is 1.71. The zero-order valence-corrected chi connectivity index (χ0v) is 9.23. The van der Waals surface area contributed by atoms with Crippen LogP contribution in [0.3, 0.4) is 0 Å². The van der Waals surface area contributed by atoms with Crippen LogP contribution in [0.2, 0.25) is 0 Å². The number of aromatic nitrogens is 2. The van der Waals surface area contributed by atoms with E-state index in [-0.39, 0.29) is 5.82 Å². The third kappa shape index (κ3) is 1.97. The summed E-state index contributed by atoms with van der Waals surface area (Å²) in [6, 6.07) is 4.62. The molecule has 0 saturated carbocycles. The highest BCUT2D eigenvalue weighted by Crippen LogP contribution is 2.24. The van der Waals surface area contributed by atoms with Crippen LogP contribution >= 0.6 is 11.5 Å². The third-order valence-corrected chi connectivity index (χ3v) is 2.81. The van der Waals surface area contributed by atoms with E-state index in [9.17, 15) is 4.39 Å². The van der Waals surface area contributed by atoms with Gasteiger partial charge in [-0.1, -0.05) is 6.07 Å². The molecule has 0 radical (unpaired) electrons. The highest BCUT2D eigenvalue weighted by Gasteiger charge is 2.09. The molecule has 1 heterocycles. The second-order valence-corrected chi connectivity index (χ2v) is 3.88. The fraction of sp³-hybridized carbons (Fsp3) is 0.200. The van der Waals surface area contributed by atoms with Crippen LogP contribution < -0.4 is 5.32 Å². The summed E-state index contributed by atoms with van der Waals surface area (Å²) in [6.45, 7) is 1.91. The van der Waals surface area contributed by atoms with Crippen molar-refractivity contribution in [3.63, 3.8) is 0 Å². The molecule has 0 spiro atoms. The first kappa shape index (κ1) is 10.0. The molecule has 78 valence electrons. The molecule has 0 aliphatic heterocycles. The fourth-order valence-electron chi connectivity index (χ4n) is 1.27. The van der Waals surface area contributed by atoms with E-state index >= 15 is 0 Å². The molecule has 0 aliphatic rings. The van der Waals surface area contributed by atoms with Gasteiger partial charge in [0.25, 0.3) is 0 Å². The zero-order chi connectivity index (χ0) is 10.8. The zero-order valence-electron chi connectivity index (χ0n) is 8.41. The lowest BCUT2D eigenvalue weighted by atomic mass is 10.1. The molecule has 1 aromatic heterocycles. The Morgan fingerprint density at radius 2 is 2.20 bits per heavy atom. The van der Waals surface area contributed by atoms with E-state index in [0.717, 1.165) is 16.3 Å². The van der Waals surface area contributed by atoms with Crippen molar-refractivity contribution < 1.29 is 4.39 Å². The summed E-state index contributed by atoms with van der Waals surface area (Å²) in [6.07, 6.45) is 0. The number of halogens is 1. The van der Waals surface area contributed by atoms with Crippen molar-refractivity contribution in [2.75, 3.05) is 12.4 Å². The highest BCUT2D eigenvalue weighted by molar-refractivity contribution is 7.09. The lowest BCUT2D eigenvalue weighted by molar-refractivity contribution is 0.628. The fourth-order valence-corrected chi connectivity index (χ4v) is 1.80. The second-order valence-electron chi connectivity index (χ2n) is 3.13. The minimum atomic E-state index is -0.267. The van der Waals surface area contributed by atoms with Crippen molar-refractivity contribution in [2.45, 2.75) is 6.92 Å². The number of hydrogen-bond donors (Lipinski definition) is 1. The predicted molar refractivity (Wildman–Crippen MR) is 59.6 cm³/mol. The molecule has 0 amide bonds. The van der Waals surface area contributed by atoms with E-state index in [1.807, 2.05) is 6.92 Å². The average molecular weight is 223 g/mol. The third-order valence-electron chi connectivity index (χ3n) is 2.08. The van der Waals surface area contributed by atoms with Gasteiger partial charge in [0, 0.05) is 24.1 Å². The van der Waals surface area contributed by atoms with Crippen LogP contribution in [0.1, 0.15) is 5.56 Å². The maximum absolute atomic E-state index is 13.1. The Kier molecular flexibility index (Phi) is 2.64. The molecule has 0 bridgehead atoms. The van der Waals surface area contributed by atoms with Crippen molar-refractivity contribution in [3.8, 4) is 11.4 Å². The smallest absolute Gasteiger partial charge is 0.202 e. The van der Waals surface area contributed by atoms with E-state index in [1.54, 1.807) is 13.1 Å². The van der Waals surface area contributed by atoms with Crippen LogP contribution in [0.4, 0.5) is 9.52 Å². The summed E-state index contributed by atoms with van der Waals surface area (Å²) >= 11 is 1.26. The Balaban J connectivity index is 2.48. The van der Waals surface area contributed by atoms with E-state index in [0.29, 0.717) is 5.82 Å². The SMILES string of the molecule is CNc1nc(-c2cc(F)ccc2C)ns1. The molecule has 0 unspecified atom stereocenters. The molecule has 2 rings (SSSR count). The van der Waals surface area contributed by atoms with E-state index in [2.05, 4.69) is 14.7 Å². The first-order valence-corrected chi connectivity index (χ1v) is 5.26. The number of nitrogens with zero attached hydrogens (tertiary/aromatic N) is 2. The molecule has 0 saturated heterocycles. The molecule has 1 aromatic carbocycles. The first-order valence-electron chi connectivity index (χ1n) is 4.48. The van der Waals surface area contributed by atoms with Gasteiger partial charge in [0.05, 0.1) is 0 Å². The normalized spacial score (nSPS) is 10.3. The summed E-state index contributed by atoms with van der Waals surface area (Å²) in [4.78, 5) is 4.23. The van der Waals surface area contributed by atoms with E-state index in [1.165, 1.54) is 23.7 Å². The lowest BCUT2D eigenvalue weighted by Crippen LogP contribution is -1.89. The number of anilines is 1. The monoisotopic (exact) mass is 223 g/mol. The van der Waals surface area contributed by atoms with Gasteiger partial charge in [-0.25, -0.2) is 4.39 Å². The molecule has 0 aliphatic carbocycles. The number of aryl methyl sites for hydroxylation is 1. The summed E-state index contributed by atoms with van der Waals surface area (Å²) < 4.78 is 17.2. The summed E-state index contributed by atoms with van der Waals surface area (Å²) in [5, 5.41) is 3.63. The highest BCUT2D eigenvalue weighted by atomic mass is 32.1. The molecule has 3 nitrogen and oxygen atoms in total. The Labute approximate surface area is 91.2 Å². The van der Waals surface area contributed by atoms with E-state index in [4.69, 9.17) is 0 Å².